The van der Waals surface area contributed by atoms with E-state index in [2.05, 4.69) is 4.74 Å². The largest absolute Gasteiger partial charge is 0.432 e. The zero-order valence-electron chi connectivity index (χ0n) is 14.3. The molecule has 2 fully saturated rings. The number of carbonyl (C=O) groups is 1. The third-order valence-corrected chi connectivity index (χ3v) is 6.06. The van der Waals surface area contributed by atoms with Gasteiger partial charge in [0.05, 0.1) is 0 Å². The third kappa shape index (κ3) is 4.56. The molecular formula is C20H25F3O2. The van der Waals surface area contributed by atoms with Gasteiger partial charge in [0.25, 0.3) is 0 Å². The molecule has 0 aromatic heterocycles. The molecular weight excluding hydrogens is 329 g/mol. The molecule has 2 nitrogen and oxygen atoms in total. The van der Waals surface area contributed by atoms with Crippen molar-refractivity contribution in [3.8, 4) is 5.75 Å². The first kappa shape index (κ1) is 18.3. The van der Waals surface area contributed by atoms with E-state index in [1.807, 2.05) is 0 Å². The number of fused-ring (bicyclic) bond motifs is 1. The molecule has 0 radical (unpaired) electrons. The molecule has 4 atom stereocenters. The maximum absolute atomic E-state index is 14.0. The van der Waals surface area contributed by atoms with E-state index >= 15 is 0 Å². The molecule has 0 heterocycles. The van der Waals surface area contributed by atoms with Gasteiger partial charge in [0.2, 0.25) is 0 Å². The van der Waals surface area contributed by atoms with Gasteiger partial charge in [0.1, 0.15) is 6.29 Å². The van der Waals surface area contributed by atoms with E-state index in [0.717, 1.165) is 37.5 Å². The van der Waals surface area contributed by atoms with E-state index in [-0.39, 0.29) is 5.75 Å². The minimum atomic E-state index is -3.01. The highest BCUT2D eigenvalue weighted by Crippen LogP contribution is 2.48. The molecule has 138 valence electrons. The summed E-state index contributed by atoms with van der Waals surface area (Å²) in [5.41, 5.74) is 0.889. The van der Waals surface area contributed by atoms with Crippen molar-refractivity contribution in [2.75, 3.05) is 0 Å². The van der Waals surface area contributed by atoms with Crippen LogP contribution in [0.5, 0.6) is 5.75 Å². The number of ether oxygens (including phenoxy) is 1. The van der Waals surface area contributed by atoms with Crippen molar-refractivity contribution in [3.05, 3.63) is 29.6 Å². The fourth-order valence-electron chi connectivity index (χ4n) is 4.82. The number of hydrogen-bond acceptors (Lipinski definition) is 2. The second-order valence-corrected chi connectivity index (χ2v) is 7.52. The number of halogens is 3. The van der Waals surface area contributed by atoms with Gasteiger partial charge >= 0.3 is 6.61 Å². The molecule has 0 saturated heterocycles. The van der Waals surface area contributed by atoms with Gasteiger partial charge in [-0.25, -0.2) is 4.39 Å². The van der Waals surface area contributed by atoms with Crippen LogP contribution in [0.2, 0.25) is 0 Å². The monoisotopic (exact) mass is 354 g/mol. The number of aldehydes is 1. The second kappa shape index (κ2) is 8.24. The topological polar surface area (TPSA) is 26.3 Å². The molecule has 0 amide bonds. The molecule has 0 spiro atoms. The number of carbonyl (C=O) groups excluding carboxylic acids is 1. The molecule has 1 aromatic carbocycles. The van der Waals surface area contributed by atoms with E-state index in [0.29, 0.717) is 30.1 Å². The Bertz CT molecular complexity index is 590. The number of hydrogen-bond donors (Lipinski definition) is 0. The summed E-state index contributed by atoms with van der Waals surface area (Å²) in [4.78, 5) is 10.6. The van der Waals surface area contributed by atoms with Crippen LogP contribution in [0, 0.1) is 23.6 Å². The Balaban J connectivity index is 1.60. The molecule has 2 saturated carbocycles. The Kier molecular flexibility index (Phi) is 6.02. The summed E-state index contributed by atoms with van der Waals surface area (Å²) in [5.74, 6) is 1.24. The average Bonchev–Trinajstić information content (AvgIpc) is 2.60. The summed E-state index contributed by atoms with van der Waals surface area (Å²) in [7, 11) is 0. The van der Waals surface area contributed by atoms with Crippen molar-refractivity contribution in [2.24, 2.45) is 17.8 Å². The van der Waals surface area contributed by atoms with Crippen molar-refractivity contribution < 1.29 is 22.7 Å². The molecule has 0 aliphatic heterocycles. The summed E-state index contributed by atoms with van der Waals surface area (Å²) in [6, 6.07) is 4.40. The van der Waals surface area contributed by atoms with Gasteiger partial charge in [-0.2, -0.15) is 8.78 Å². The number of rotatable bonds is 6. The lowest BCUT2D eigenvalue weighted by Gasteiger charge is -2.42. The highest BCUT2D eigenvalue weighted by molar-refractivity contribution is 5.49. The highest BCUT2D eigenvalue weighted by Gasteiger charge is 2.36. The Hall–Kier alpha value is -1.52. The van der Waals surface area contributed by atoms with Crippen LogP contribution in [0.25, 0.3) is 0 Å². The van der Waals surface area contributed by atoms with E-state index in [4.69, 9.17) is 0 Å². The molecule has 0 N–H and O–H groups in total. The van der Waals surface area contributed by atoms with E-state index in [9.17, 15) is 18.0 Å². The Labute approximate surface area is 146 Å². The molecule has 5 heteroatoms. The van der Waals surface area contributed by atoms with Gasteiger partial charge in [0.15, 0.2) is 11.6 Å². The molecule has 2 aliphatic rings. The highest BCUT2D eigenvalue weighted by atomic mass is 19.3. The normalized spacial score (nSPS) is 29.3. The average molecular weight is 354 g/mol. The molecule has 0 bridgehead atoms. The van der Waals surface area contributed by atoms with Crippen LogP contribution in [-0.2, 0) is 4.79 Å². The van der Waals surface area contributed by atoms with Crippen LogP contribution in [-0.4, -0.2) is 12.9 Å². The Morgan fingerprint density at radius 3 is 2.60 bits per heavy atom. The van der Waals surface area contributed by atoms with Gasteiger partial charge in [-0.15, -0.1) is 0 Å². The van der Waals surface area contributed by atoms with Crippen molar-refractivity contribution in [3.63, 3.8) is 0 Å². The van der Waals surface area contributed by atoms with Crippen LogP contribution in [0.15, 0.2) is 18.2 Å². The summed E-state index contributed by atoms with van der Waals surface area (Å²) in [6.45, 7) is -3.01. The lowest BCUT2D eigenvalue weighted by Crippen LogP contribution is -2.30. The first-order valence-electron chi connectivity index (χ1n) is 9.24. The first-order valence-corrected chi connectivity index (χ1v) is 9.24. The van der Waals surface area contributed by atoms with E-state index in [1.54, 1.807) is 6.07 Å². The number of alkyl halides is 2. The first-order chi connectivity index (χ1) is 12.1. The fourth-order valence-corrected chi connectivity index (χ4v) is 4.82. The summed E-state index contributed by atoms with van der Waals surface area (Å²) < 4.78 is 42.6. The van der Waals surface area contributed by atoms with E-state index < -0.39 is 12.4 Å². The summed E-state index contributed by atoms with van der Waals surface area (Å²) >= 11 is 0. The van der Waals surface area contributed by atoms with Gasteiger partial charge in [-0.1, -0.05) is 12.5 Å². The SMILES string of the molecule is O=CCCC1CCC2CC(c3ccc(OC(F)F)c(F)c3)CCC2C1. The Morgan fingerprint density at radius 1 is 1.12 bits per heavy atom. The van der Waals surface area contributed by atoms with Crippen LogP contribution in [0.1, 0.15) is 62.8 Å². The maximum Gasteiger partial charge on any atom is 0.387 e. The minimum Gasteiger partial charge on any atom is -0.432 e. The third-order valence-electron chi connectivity index (χ3n) is 6.06. The maximum atomic E-state index is 14.0. The fraction of sp³-hybridized carbons (Fsp3) is 0.650. The van der Waals surface area contributed by atoms with Crippen molar-refractivity contribution >= 4 is 6.29 Å². The van der Waals surface area contributed by atoms with Gasteiger partial charge in [-0.3, -0.25) is 0 Å². The number of benzene rings is 1. The predicted octanol–water partition coefficient (Wildman–Crippen LogP) is 5.71. The van der Waals surface area contributed by atoms with Crippen LogP contribution >= 0.6 is 0 Å². The van der Waals surface area contributed by atoms with Crippen molar-refractivity contribution in [1.82, 2.24) is 0 Å². The van der Waals surface area contributed by atoms with Crippen molar-refractivity contribution in [1.29, 1.82) is 0 Å². The van der Waals surface area contributed by atoms with Crippen LogP contribution in [0.4, 0.5) is 13.2 Å². The van der Waals surface area contributed by atoms with Crippen LogP contribution in [0.3, 0.4) is 0 Å². The van der Waals surface area contributed by atoms with Crippen molar-refractivity contribution in [2.45, 2.75) is 63.9 Å². The lowest BCUT2D eigenvalue weighted by molar-refractivity contribution is -0.108. The Morgan fingerprint density at radius 2 is 1.88 bits per heavy atom. The zero-order chi connectivity index (χ0) is 17.8. The summed E-state index contributed by atoms with van der Waals surface area (Å²) in [6.07, 6.45) is 9.43. The molecule has 1 aromatic rings. The molecule has 25 heavy (non-hydrogen) atoms. The second-order valence-electron chi connectivity index (χ2n) is 7.52. The molecule has 3 rings (SSSR count). The molecule has 4 unspecified atom stereocenters. The zero-order valence-corrected chi connectivity index (χ0v) is 14.3. The standard InChI is InChI=1S/C20H25F3O2/c21-18-12-17(7-8-19(18)25-20(22)23)16-6-5-14-10-13(2-1-9-24)3-4-15(14)11-16/h7-9,12-16,20H,1-6,10-11H2. The van der Waals surface area contributed by atoms with Gasteiger partial charge in [-0.05, 0) is 79.9 Å². The quantitative estimate of drug-likeness (QED) is 0.612. The van der Waals surface area contributed by atoms with Crippen LogP contribution < -0.4 is 4.74 Å². The minimum absolute atomic E-state index is 0.294. The smallest absolute Gasteiger partial charge is 0.387 e. The van der Waals surface area contributed by atoms with E-state index in [1.165, 1.54) is 31.4 Å². The van der Waals surface area contributed by atoms with Gasteiger partial charge in [0, 0.05) is 6.42 Å². The predicted molar refractivity (Wildman–Crippen MR) is 89.2 cm³/mol. The van der Waals surface area contributed by atoms with Gasteiger partial charge < -0.3 is 9.53 Å². The lowest BCUT2D eigenvalue weighted by atomic mass is 9.63. The molecule has 2 aliphatic carbocycles. The summed E-state index contributed by atoms with van der Waals surface area (Å²) in [5, 5.41) is 0.